The zero-order chi connectivity index (χ0) is 19.5. The molecule has 1 aromatic carbocycles. The molecule has 7 nitrogen and oxygen atoms in total. The molecule has 1 N–H and O–H groups in total. The van der Waals surface area contributed by atoms with Gasteiger partial charge in [-0.3, -0.25) is 9.69 Å². The number of aromatic nitrogens is 3. The first-order valence-electron chi connectivity index (χ1n) is 9.91. The van der Waals surface area contributed by atoms with E-state index in [4.69, 9.17) is 10.1 Å². The Morgan fingerprint density at radius 2 is 1.96 bits per heavy atom. The normalized spacial score (nSPS) is 18.9. The zero-order valence-corrected chi connectivity index (χ0v) is 16.8. The molecule has 0 spiro atoms. The van der Waals surface area contributed by atoms with E-state index in [1.165, 1.54) is 35.9 Å². The standard InChI is InChI=1S/C20H25N5O2S/c1-14(18(26)24-13-12-21-20(24)27)28-19-22-17(15-8-4-2-5-9-15)25(23-19)16-10-6-3-7-11-16/h3,6-7,10-11,14-15H,2,4-5,8-9,12-13H2,1H3,(H,21,27)/t14-/m0/s1. The second kappa shape index (κ2) is 8.34. The Balaban J connectivity index is 1.58. The van der Waals surface area contributed by atoms with E-state index in [1.54, 1.807) is 0 Å². The predicted molar refractivity (Wildman–Crippen MR) is 108 cm³/mol. The van der Waals surface area contributed by atoms with Crippen molar-refractivity contribution in [2.75, 3.05) is 13.1 Å². The van der Waals surface area contributed by atoms with Crippen LogP contribution in [0.4, 0.5) is 4.79 Å². The van der Waals surface area contributed by atoms with Crippen molar-refractivity contribution in [2.24, 2.45) is 0 Å². The monoisotopic (exact) mass is 399 g/mol. The maximum Gasteiger partial charge on any atom is 0.324 e. The van der Waals surface area contributed by atoms with Crippen LogP contribution in [0.1, 0.15) is 50.8 Å². The van der Waals surface area contributed by atoms with Gasteiger partial charge in [0.1, 0.15) is 5.82 Å². The van der Waals surface area contributed by atoms with Crippen LogP contribution in [0.2, 0.25) is 0 Å². The highest BCUT2D eigenvalue weighted by atomic mass is 32.2. The molecule has 28 heavy (non-hydrogen) atoms. The molecule has 0 unspecified atom stereocenters. The van der Waals surface area contributed by atoms with E-state index in [1.807, 2.05) is 41.9 Å². The molecule has 1 saturated carbocycles. The Morgan fingerprint density at radius 3 is 2.64 bits per heavy atom. The van der Waals surface area contributed by atoms with Crippen LogP contribution in [-0.4, -0.2) is 49.9 Å². The zero-order valence-electron chi connectivity index (χ0n) is 16.0. The van der Waals surface area contributed by atoms with Gasteiger partial charge in [0.15, 0.2) is 0 Å². The second-order valence-electron chi connectivity index (χ2n) is 7.32. The highest BCUT2D eigenvalue weighted by molar-refractivity contribution is 8.00. The Morgan fingerprint density at radius 1 is 1.21 bits per heavy atom. The quantitative estimate of drug-likeness (QED) is 0.780. The number of nitrogens with one attached hydrogen (secondary N) is 1. The fourth-order valence-corrected chi connectivity index (χ4v) is 4.67. The van der Waals surface area contributed by atoms with Crippen molar-refractivity contribution in [3.05, 3.63) is 36.2 Å². The van der Waals surface area contributed by atoms with E-state index in [0.717, 1.165) is 24.4 Å². The predicted octanol–water partition coefficient (Wildman–Crippen LogP) is 3.35. The number of amides is 3. The summed E-state index contributed by atoms with van der Waals surface area (Å²) in [5, 5.41) is 7.56. The maximum absolute atomic E-state index is 12.6. The van der Waals surface area contributed by atoms with E-state index in [0.29, 0.717) is 24.2 Å². The molecule has 0 bridgehead atoms. The van der Waals surface area contributed by atoms with Gasteiger partial charge in [-0.05, 0) is 31.9 Å². The van der Waals surface area contributed by atoms with Crippen molar-refractivity contribution in [3.8, 4) is 5.69 Å². The molecular weight excluding hydrogens is 374 g/mol. The highest BCUT2D eigenvalue weighted by Gasteiger charge is 2.31. The van der Waals surface area contributed by atoms with Gasteiger partial charge in [-0.2, -0.15) is 0 Å². The maximum atomic E-state index is 12.6. The molecular formula is C20H25N5O2S. The molecule has 1 aromatic heterocycles. The third-order valence-corrected chi connectivity index (χ3v) is 6.28. The molecule has 4 rings (SSSR count). The Kier molecular flexibility index (Phi) is 5.66. The first kappa shape index (κ1) is 19.0. The summed E-state index contributed by atoms with van der Waals surface area (Å²) in [4.78, 5) is 30.5. The number of carbonyl (C=O) groups is 2. The van der Waals surface area contributed by atoms with Crippen LogP contribution in [0.15, 0.2) is 35.5 Å². The summed E-state index contributed by atoms with van der Waals surface area (Å²) in [6, 6.07) is 9.71. The lowest BCUT2D eigenvalue weighted by Gasteiger charge is -2.21. The summed E-state index contributed by atoms with van der Waals surface area (Å²) >= 11 is 1.32. The van der Waals surface area contributed by atoms with Crippen LogP contribution >= 0.6 is 11.8 Å². The third-order valence-electron chi connectivity index (χ3n) is 5.34. The summed E-state index contributed by atoms with van der Waals surface area (Å²) < 4.78 is 1.93. The Hall–Kier alpha value is -2.35. The molecule has 1 saturated heterocycles. The van der Waals surface area contributed by atoms with E-state index >= 15 is 0 Å². The number of para-hydroxylation sites is 1. The van der Waals surface area contributed by atoms with Crippen LogP contribution in [0.5, 0.6) is 0 Å². The smallest absolute Gasteiger partial charge is 0.324 e. The van der Waals surface area contributed by atoms with Gasteiger partial charge in [-0.15, -0.1) is 5.10 Å². The molecule has 2 aromatic rings. The van der Waals surface area contributed by atoms with Crippen molar-refractivity contribution in [2.45, 2.75) is 55.4 Å². The van der Waals surface area contributed by atoms with Crippen molar-refractivity contribution < 1.29 is 9.59 Å². The third kappa shape index (κ3) is 3.92. The molecule has 2 fully saturated rings. The lowest BCUT2D eigenvalue weighted by molar-refractivity contribution is -0.126. The minimum absolute atomic E-state index is 0.199. The number of nitrogens with zero attached hydrogens (tertiary/aromatic N) is 4. The molecule has 3 amide bonds. The first-order chi connectivity index (χ1) is 13.6. The van der Waals surface area contributed by atoms with Gasteiger partial charge in [0.05, 0.1) is 10.9 Å². The number of benzene rings is 1. The molecule has 2 aliphatic rings. The first-order valence-corrected chi connectivity index (χ1v) is 10.8. The minimum Gasteiger partial charge on any atom is -0.336 e. The average molecular weight is 400 g/mol. The SMILES string of the molecule is C[C@H](Sc1nc(C2CCCCC2)n(-c2ccccc2)n1)C(=O)N1CCNC1=O. The lowest BCUT2D eigenvalue weighted by atomic mass is 9.88. The topological polar surface area (TPSA) is 80.1 Å². The molecule has 148 valence electrons. The van der Waals surface area contributed by atoms with Crippen LogP contribution < -0.4 is 5.32 Å². The number of rotatable bonds is 5. The van der Waals surface area contributed by atoms with Crippen LogP contribution in [0.25, 0.3) is 5.69 Å². The molecule has 1 aliphatic carbocycles. The fraction of sp³-hybridized carbons (Fsp3) is 0.500. The van der Waals surface area contributed by atoms with Gasteiger partial charge in [0.2, 0.25) is 11.1 Å². The summed E-state index contributed by atoms with van der Waals surface area (Å²) in [5.41, 5.74) is 0.986. The number of urea groups is 1. The number of carbonyl (C=O) groups excluding carboxylic acids is 2. The van der Waals surface area contributed by atoms with Gasteiger partial charge in [0, 0.05) is 19.0 Å². The number of imide groups is 1. The molecule has 8 heteroatoms. The van der Waals surface area contributed by atoms with E-state index in [-0.39, 0.29) is 11.9 Å². The van der Waals surface area contributed by atoms with Crippen molar-refractivity contribution in [3.63, 3.8) is 0 Å². The molecule has 1 aliphatic heterocycles. The van der Waals surface area contributed by atoms with Crippen molar-refractivity contribution in [1.29, 1.82) is 0 Å². The molecule has 0 radical (unpaired) electrons. The Bertz CT molecular complexity index is 848. The summed E-state index contributed by atoms with van der Waals surface area (Å²) in [5.74, 6) is 1.17. The van der Waals surface area contributed by atoms with Gasteiger partial charge >= 0.3 is 6.03 Å². The number of hydrogen-bond donors (Lipinski definition) is 1. The van der Waals surface area contributed by atoms with E-state index in [9.17, 15) is 9.59 Å². The van der Waals surface area contributed by atoms with Gasteiger partial charge in [-0.25, -0.2) is 14.5 Å². The van der Waals surface area contributed by atoms with Gasteiger partial charge in [0.25, 0.3) is 0 Å². The minimum atomic E-state index is -0.422. The highest BCUT2D eigenvalue weighted by Crippen LogP contribution is 2.34. The van der Waals surface area contributed by atoms with Crippen molar-refractivity contribution >= 4 is 23.7 Å². The molecule has 1 atom stereocenters. The van der Waals surface area contributed by atoms with Crippen LogP contribution in [0, 0.1) is 0 Å². The lowest BCUT2D eigenvalue weighted by Crippen LogP contribution is -2.38. The van der Waals surface area contributed by atoms with Crippen LogP contribution in [0.3, 0.4) is 0 Å². The fourth-order valence-electron chi connectivity index (χ4n) is 3.85. The number of thioether (sulfide) groups is 1. The van der Waals surface area contributed by atoms with Gasteiger partial charge < -0.3 is 5.32 Å². The van der Waals surface area contributed by atoms with Crippen molar-refractivity contribution in [1.82, 2.24) is 25.0 Å². The average Bonchev–Trinajstić information content (AvgIpc) is 3.35. The summed E-state index contributed by atoms with van der Waals surface area (Å²) in [6.07, 6.45) is 5.96. The van der Waals surface area contributed by atoms with Gasteiger partial charge in [-0.1, -0.05) is 49.2 Å². The van der Waals surface area contributed by atoms with E-state index < -0.39 is 5.25 Å². The van der Waals surface area contributed by atoms with E-state index in [2.05, 4.69) is 5.32 Å². The number of hydrogen-bond acceptors (Lipinski definition) is 5. The largest absolute Gasteiger partial charge is 0.336 e. The summed E-state index contributed by atoms with van der Waals surface area (Å²) in [7, 11) is 0. The van der Waals surface area contributed by atoms with Crippen LogP contribution in [-0.2, 0) is 4.79 Å². The Labute approximate surface area is 168 Å². The second-order valence-corrected chi connectivity index (χ2v) is 8.62. The molecule has 2 heterocycles. The summed E-state index contributed by atoms with van der Waals surface area (Å²) in [6.45, 7) is 2.73.